The Morgan fingerprint density at radius 1 is 1.28 bits per heavy atom. The van der Waals surface area contributed by atoms with Crippen molar-refractivity contribution in [3.8, 4) is 11.6 Å². The van der Waals surface area contributed by atoms with E-state index in [9.17, 15) is 13.6 Å². The highest BCUT2D eigenvalue weighted by Crippen LogP contribution is 2.20. The van der Waals surface area contributed by atoms with Crippen molar-refractivity contribution >= 4 is 17.5 Å². The van der Waals surface area contributed by atoms with Crippen molar-refractivity contribution in [2.75, 3.05) is 0 Å². The van der Waals surface area contributed by atoms with Gasteiger partial charge in [0.2, 0.25) is 5.89 Å². The smallest absolute Gasteiger partial charge is 0.289 e. The average molecular weight is 366 g/mol. The van der Waals surface area contributed by atoms with Gasteiger partial charge in [-0.25, -0.2) is 29.6 Å². The molecule has 2 heterocycles. The summed E-state index contributed by atoms with van der Waals surface area (Å²) in [6.07, 6.45) is 3.98. The molecule has 10 heteroatoms. The van der Waals surface area contributed by atoms with Crippen LogP contribution in [0.25, 0.3) is 11.6 Å². The second-order valence-corrected chi connectivity index (χ2v) is 5.22. The van der Waals surface area contributed by atoms with Crippen LogP contribution in [0, 0.1) is 11.6 Å². The van der Waals surface area contributed by atoms with Crippen LogP contribution in [-0.4, -0.2) is 25.9 Å². The molecule has 1 aromatic carbocycles. The number of nitrogens with two attached hydrogens (primary N) is 1. The molecule has 0 radical (unpaired) electrons. The molecule has 0 aliphatic carbocycles. The average Bonchev–Trinajstić information content (AvgIpc) is 3.12. The van der Waals surface area contributed by atoms with Crippen molar-refractivity contribution in [2.45, 2.75) is 6.54 Å². The fourth-order valence-corrected chi connectivity index (χ4v) is 2.25. The Balaban J connectivity index is 1.83. The molecule has 0 aliphatic rings. The summed E-state index contributed by atoms with van der Waals surface area (Å²) in [5.74, 6) is 3.30. The SMILES string of the molecule is NN(Cc1c(F)cccc1F)C(=O)c1ncc(-c2ncco2)nc1Cl. The lowest BCUT2D eigenvalue weighted by atomic mass is 10.2. The summed E-state index contributed by atoms with van der Waals surface area (Å²) < 4.78 is 32.4. The zero-order valence-electron chi connectivity index (χ0n) is 12.5. The number of aromatic nitrogens is 3. The standard InChI is InChI=1S/C15H10ClF2N5O2/c16-13-12(21-6-11(22-13)14-20-4-5-25-14)15(24)23(19)7-8-9(17)2-1-3-10(8)18/h1-6H,7,19H2. The molecule has 1 amide bonds. The van der Waals surface area contributed by atoms with Gasteiger partial charge in [-0.05, 0) is 12.1 Å². The third-order valence-electron chi connectivity index (χ3n) is 3.23. The van der Waals surface area contributed by atoms with E-state index in [0.717, 1.165) is 12.1 Å². The Bertz CT molecular complexity index is 900. The first-order chi connectivity index (χ1) is 12.0. The van der Waals surface area contributed by atoms with E-state index in [1.165, 1.54) is 24.7 Å². The quantitative estimate of drug-likeness (QED) is 0.433. The van der Waals surface area contributed by atoms with Gasteiger partial charge in [-0.2, -0.15) is 0 Å². The van der Waals surface area contributed by atoms with Gasteiger partial charge in [-0.3, -0.25) is 9.80 Å². The van der Waals surface area contributed by atoms with Gasteiger partial charge < -0.3 is 4.42 Å². The van der Waals surface area contributed by atoms with Crippen molar-refractivity contribution < 1.29 is 18.0 Å². The van der Waals surface area contributed by atoms with Gasteiger partial charge in [0.1, 0.15) is 23.6 Å². The third-order valence-corrected chi connectivity index (χ3v) is 3.50. The summed E-state index contributed by atoms with van der Waals surface area (Å²) in [6, 6.07) is 3.34. The van der Waals surface area contributed by atoms with Crippen molar-refractivity contribution in [1.82, 2.24) is 20.0 Å². The summed E-state index contributed by atoms with van der Waals surface area (Å²) in [5.41, 5.74) is -0.398. The van der Waals surface area contributed by atoms with Gasteiger partial charge in [-0.1, -0.05) is 17.7 Å². The number of halogens is 3. The highest BCUT2D eigenvalue weighted by Gasteiger charge is 2.22. The van der Waals surface area contributed by atoms with Crippen LogP contribution in [0.4, 0.5) is 8.78 Å². The fourth-order valence-electron chi connectivity index (χ4n) is 2.02. The molecule has 0 spiro atoms. The first kappa shape index (κ1) is 16.9. The van der Waals surface area contributed by atoms with E-state index >= 15 is 0 Å². The lowest BCUT2D eigenvalue weighted by Crippen LogP contribution is -2.38. The number of rotatable bonds is 4. The van der Waals surface area contributed by atoms with Gasteiger partial charge in [0, 0.05) is 5.56 Å². The van der Waals surface area contributed by atoms with Crippen LogP contribution in [0.2, 0.25) is 5.15 Å². The van der Waals surface area contributed by atoms with Gasteiger partial charge >= 0.3 is 0 Å². The Hall–Kier alpha value is -2.91. The van der Waals surface area contributed by atoms with Crippen LogP contribution >= 0.6 is 11.6 Å². The summed E-state index contributed by atoms with van der Waals surface area (Å²) in [4.78, 5) is 24.0. The summed E-state index contributed by atoms with van der Waals surface area (Å²) in [6.45, 7) is -0.503. The van der Waals surface area contributed by atoms with Crippen LogP contribution in [0.15, 0.2) is 41.3 Å². The molecule has 0 aliphatic heterocycles. The van der Waals surface area contributed by atoms with Crippen molar-refractivity contribution in [1.29, 1.82) is 0 Å². The second-order valence-electron chi connectivity index (χ2n) is 4.87. The molecule has 7 nitrogen and oxygen atoms in total. The number of carbonyl (C=O) groups excluding carboxylic acids is 1. The topological polar surface area (TPSA) is 98.1 Å². The molecule has 2 aromatic heterocycles. The maximum absolute atomic E-state index is 13.7. The lowest BCUT2D eigenvalue weighted by molar-refractivity contribution is 0.0733. The van der Waals surface area contributed by atoms with Crippen LogP contribution in [-0.2, 0) is 6.54 Å². The fraction of sp³-hybridized carbons (Fsp3) is 0.0667. The van der Waals surface area contributed by atoms with E-state index < -0.39 is 24.1 Å². The predicted molar refractivity (Wildman–Crippen MR) is 83.0 cm³/mol. The van der Waals surface area contributed by atoms with Crippen LogP contribution < -0.4 is 5.84 Å². The van der Waals surface area contributed by atoms with Crippen LogP contribution in [0.3, 0.4) is 0 Å². The molecule has 25 heavy (non-hydrogen) atoms. The molecular formula is C15H10ClF2N5O2. The number of benzene rings is 1. The number of oxazole rings is 1. The number of hydrogen-bond acceptors (Lipinski definition) is 6. The highest BCUT2D eigenvalue weighted by molar-refractivity contribution is 6.32. The van der Waals surface area contributed by atoms with E-state index in [2.05, 4.69) is 15.0 Å². The predicted octanol–water partition coefficient (Wildman–Crippen LogP) is 2.58. The van der Waals surface area contributed by atoms with Gasteiger partial charge in [0.25, 0.3) is 5.91 Å². The number of hydrazine groups is 1. The number of hydrogen-bond donors (Lipinski definition) is 1. The first-order valence-electron chi connectivity index (χ1n) is 6.89. The molecule has 0 unspecified atom stereocenters. The maximum Gasteiger partial charge on any atom is 0.289 e. The van der Waals surface area contributed by atoms with Crippen LogP contribution in [0.5, 0.6) is 0 Å². The largest absolute Gasteiger partial charge is 0.443 e. The second kappa shape index (κ2) is 6.91. The Morgan fingerprint density at radius 3 is 2.60 bits per heavy atom. The van der Waals surface area contributed by atoms with Crippen molar-refractivity contribution in [2.24, 2.45) is 5.84 Å². The van der Waals surface area contributed by atoms with Gasteiger partial charge in [-0.15, -0.1) is 0 Å². The summed E-state index contributed by atoms with van der Waals surface area (Å²) in [7, 11) is 0. The molecule has 128 valence electrons. The molecule has 3 aromatic rings. The highest BCUT2D eigenvalue weighted by atomic mass is 35.5. The molecule has 0 atom stereocenters. The molecule has 3 rings (SSSR count). The third kappa shape index (κ3) is 3.47. The van der Waals surface area contributed by atoms with E-state index in [4.69, 9.17) is 21.9 Å². The van der Waals surface area contributed by atoms with Gasteiger partial charge in [0.05, 0.1) is 18.9 Å². The molecule has 2 N–H and O–H groups in total. The van der Waals surface area contributed by atoms with E-state index in [1.54, 1.807) is 0 Å². The van der Waals surface area contributed by atoms with E-state index in [-0.39, 0.29) is 28.0 Å². The minimum atomic E-state index is -0.848. The number of nitrogens with zero attached hydrogens (tertiary/aromatic N) is 4. The first-order valence-corrected chi connectivity index (χ1v) is 7.27. The monoisotopic (exact) mass is 365 g/mol. The van der Waals surface area contributed by atoms with Crippen LogP contribution in [0.1, 0.15) is 16.1 Å². The van der Waals surface area contributed by atoms with E-state index in [0.29, 0.717) is 5.01 Å². The van der Waals surface area contributed by atoms with E-state index in [1.807, 2.05) is 0 Å². The lowest BCUT2D eigenvalue weighted by Gasteiger charge is -2.17. The maximum atomic E-state index is 13.7. The molecule has 0 saturated carbocycles. The molecule has 0 saturated heterocycles. The minimum absolute atomic E-state index is 0.173. The summed E-state index contributed by atoms with van der Waals surface area (Å²) >= 11 is 5.96. The van der Waals surface area contributed by atoms with Gasteiger partial charge in [0.15, 0.2) is 10.8 Å². The zero-order valence-corrected chi connectivity index (χ0v) is 13.2. The van der Waals surface area contributed by atoms with Crippen molar-refractivity contribution in [3.05, 3.63) is 64.9 Å². The minimum Gasteiger partial charge on any atom is -0.443 e. The van der Waals surface area contributed by atoms with Crippen molar-refractivity contribution in [3.63, 3.8) is 0 Å². The number of amides is 1. The molecule has 0 bridgehead atoms. The Kier molecular flexibility index (Phi) is 4.68. The number of carbonyl (C=O) groups is 1. The normalized spacial score (nSPS) is 10.7. The molecule has 0 fully saturated rings. The molecular weight excluding hydrogens is 356 g/mol. The summed E-state index contributed by atoms with van der Waals surface area (Å²) in [5, 5.41) is 0.354. The zero-order chi connectivity index (χ0) is 18.0. The Morgan fingerprint density at radius 2 is 2.00 bits per heavy atom. The Labute approximate surface area is 145 Å².